The zero-order chi connectivity index (χ0) is 13.2. The fraction of sp³-hybridized carbons (Fsp3) is 0.571. The molecular formula is C14H19BrClNO. The molecule has 0 saturated heterocycles. The average Bonchev–Trinajstić information content (AvgIpc) is 2.82. The van der Waals surface area contributed by atoms with Crippen molar-refractivity contribution in [3.63, 3.8) is 0 Å². The van der Waals surface area contributed by atoms with Crippen molar-refractivity contribution in [2.24, 2.45) is 5.73 Å². The Labute approximate surface area is 122 Å². The number of ether oxygens (including phenoxy) is 1. The van der Waals surface area contributed by atoms with Crippen LogP contribution in [0.4, 0.5) is 0 Å². The van der Waals surface area contributed by atoms with Gasteiger partial charge in [0.05, 0.1) is 5.60 Å². The minimum absolute atomic E-state index is 0.00340. The van der Waals surface area contributed by atoms with E-state index in [4.69, 9.17) is 22.1 Å². The molecule has 1 aromatic carbocycles. The van der Waals surface area contributed by atoms with Crippen LogP contribution in [0.1, 0.15) is 31.2 Å². The number of rotatable bonds is 4. The van der Waals surface area contributed by atoms with E-state index in [1.807, 2.05) is 18.2 Å². The molecule has 18 heavy (non-hydrogen) atoms. The van der Waals surface area contributed by atoms with E-state index in [2.05, 4.69) is 15.9 Å². The summed E-state index contributed by atoms with van der Waals surface area (Å²) < 4.78 is 6.71. The van der Waals surface area contributed by atoms with Crippen molar-refractivity contribution in [2.45, 2.75) is 43.7 Å². The van der Waals surface area contributed by atoms with Crippen LogP contribution in [0.5, 0.6) is 0 Å². The fourth-order valence-electron chi connectivity index (χ4n) is 2.81. The van der Waals surface area contributed by atoms with Crippen LogP contribution in [0.15, 0.2) is 22.7 Å². The smallest absolute Gasteiger partial charge is 0.0832 e. The van der Waals surface area contributed by atoms with Crippen LogP contribution in [0.25, 0.3) is 0 Å². The minimum atomic E-state index is -0.156. The van der Waals surface area contributed by atoms with Gasteiger partial charge in [0.2, 0.25) is 0 Å². The monoisotopic (exact) mass is 331 g/mol. The maximum absolute atomic E-state index is 6.37. The van der Waals surface area contributed by atoms with Gasteiger partial charge in [-0.2, -0.15) is 0 Å². The van der Waals surface area contributed by atoms with Gasteiger partial charge >= 0.3 is 0 Å². The molecule has 2 N–H and O–H groups in total. The topological polar surface area (TPSA) is 35.2 Å². The first-order valence-electron chi connectivity index (χ1n) is 6.32. The molecule has 1 atom stereocenters. The maximum atomic E-state index is 6.37. The highest BCUT2D eigenvalue weighted by Crippen LogP contribution is 2.36. The van der Waals surface area contributed by atoms with E-state index in [0.29, 0.717) is 0 Å². The second kappa shape index (κ2) is 5.91. The molecule has 1 aliphatic rings. The van der Waals surface area contributed by atoms with Gasteiger partial charge in [-0.3, -0.25) is 0 Å². The Bertz CT molecular complexity index is 418. The molecule has 1 saturated carbocycles. The largest absolute Gasteiger partial charge is 0.377 e. The van der Waals surface area contributed by atoms with E-state index in [9.17, 15) is 0 Å². The summed E-state index contributed by atoms with van der Waals surface area (Å²) in [4.78, 5) is 0. The molecular weight excluding hydrogens is 314 g/mol. The van der Waals surface area contributed by atoms with Crippen molar-refractivity contribution in [3.05, 3.63) is 33.3 Å². The van der Waals surface area contributed by atoms with E-state index in [0.717, 1.165) is 34.3 Å². The van der Waals surface area contributed by atoms with Crippen LogP contribution < -0.4 is 5.73 Å². The first kappa shape index (κ1) is 14.3. The first-order valence-corrected chi connectivity index (χ1v) is 7.49. The number of benzene rings is 1. The minimum Gasteiger partial charge on any atom is -0.377 e. The summed E-state index contributed by atoms with van der Waals surface area (Å²) >= 11 is 9.66. The van der Waals surface area contributed by atoms with Crippen LogP contribution >= 0.6 is 27.5 Å². The van der Waals surface area contributed by atoms with Crippen molar-refractivity contribution >= 4 is 27.5 Å². The standard InChI is InChI=1S/C14H19BrClNO/c1-18-14(6-2-3-7-14)13(17)8-10-4-5-11(15)9-12(10)16/h4-5,9,13H,2-3,6-8,17H2,1H3. The Morgan fingerprint density at radius 2 is 2.11 bits per heavy atom. The lowest BCUT2D eigenvalue weighted by molar-refractivity contribution is -0.0253. The van der Waals surface area contributed by atoms with Crippen molar-refractivity contribution in [3.8, 4) is 0 Å². The molecule has 0 heterocycles. The van der Waals surface area contributed by atoms with Crippen LogP contribution in [-0.4, -0.2) is 18.8 Å². The molecule has 0 aromatic heterocycles. The second-order valence-electron chi connectivity index (χ2n) is 5.02. The molecule has 0 radical (unpaired) electrons. The Hall–Kier alpha value is -0.0900. The SMILES string of the molecule is COC1(C(N)Cc2ccc(Br)cc2Cl)CCCC1. The maximum Gasteiger partial charge on any atom is 0.0832 e. The zero-order valence-corrected chi connectivity index (χ0v) is 12.9. The van der Waals surface area contributed by atoms with Gasteiger partial charge in [-0.1, -0.05) is 46.4 Å². The Kier molecular flexibility index (Phi) is 4.70. The summed E-state index contributed by atoms with van der Waals surface area (Å²) in [6.45, 7) is 0. The van der Waals surface area contributed by atoms with Crippen molar-refractivity contribution in [1.82, 2.24) is 0 Å². The average molecular weight is 333 g/mol. The van der Waals surface area contributed by atoms with Gasteiger partial charge in [0.15, 0.2) is 0 Å². The molecule has 4 heteroatoms. The van der Waals surface area contributed by atoms with Crippen LogP contribution in [0.3, 0.4) is 0 Å². The molecule has 1 unspecified atom stereocenters. The number of hydrogen-bond acceptors (Lipinski definition) is 2. The highest BCUT2D eigenvalue weighted by molar-refractivity contribution is 9.10. The van der Waals surface area contributed by atoms with Crippen LogP contribution in [0, 0.1) is 0 Å². The van der Waals surface area contributed by atoms with Gasteiger partial charge < -0.3 is 10.5 Å². The summed E-state index contributed by atoms with van der Waals surface area (Å²) in [5.74, 6) is 0. The molecule has 1 fully saturated rings. The summed E-state index contributed by atoms with van der Waals surface area (Å²) in [7, 11) is 1.77. The molecule has 100 valence electrons. The van der Waals surface area contributed by atoms with E-state index in [1.54, 1.807) is 7.11 Å². The molecule has 0 bridgehead atoms. The zero-order valence-electron chi connectivity index (χ0n) is 10.6. The lowest BCUT2D eigenvalue weighted by atomic mass is 9.88. The number of nitrogens with two attached hydrogens (primary N) is 1. The predicted octanol–water partition coefficient (Wildman–Crippen LogP) is 3.93. The first-order chi connectivity index (χ1) is 8.57. The van der Waals surface area contributed by atoms with Gasteiger partial charge in [-0.15, -0.1) is 0 Å². The summed E-state index contributed by atoms with van der Waals surface area (Å²) in [5.41, 5.74) is 7.30. The van der Waals surface area contributed by atoms with Gasteiger partial charge in [-0.05, 0) is 37.0 Å². The number of methoxy groups -OCH3 is 1. The highest BCUT2D eigenvalue weighted by Gasteiger charge is 2.39. The lowest BCUT2D eigenvalue weighted by Crippen LogP contribution is -2.48. The third-order valence-electron chi connectivity index (χ3n) is 3.99. The summed E-state index contributed by atoms with van der Waals surface area (Å²) in [5, 5.41) is 0.768. The molecule has 2 nitrogen and oxygen atoms in total. The number of halogens is 2. The Balaban J connectivity index is 2.12. The summed E-state index contributed by atoms with van der Waals surface area (Å²) in [6, 6.07) is 5.95. The Morgan fingerprint density at radius 1 is 1.44 bits per heavy atom. The van der Waals surface area contributed by atoms with Crippen molar-refractivity contribution in [2.75, 3.05) is 7.11 Å². The van der Waals surface area contributed by atoms with Gasteiger partial charge in [0.25, 0.3) is 0 Å². The van der Waals surface area contributed by atoms with Crippen molar-refractivity contribution < 1.29 is 4.74 Å². The van der Waals surface area contributed by atoms with E-state index in [1.165, 1.54) is 12.8 Å². The second-order valence-corrected chi connectivity index (χ2v) is 6.35. The highest BCUT2D eigenvalue weighted by atomic mass is 79.9. The molecule has 0 amide bonds. The molecule has 0 aliphatic heterocycles. The quantitative estimate of drug-likeness (QED) is 0.906. The number of hydrogen-bond donors (Lipinski definition) is 1. The van der Waals surface area contributed by atoms with Crippen molar-refractivity contribution in [1.29, 1.82) is 0 Å². The van der Waals surface area contributed by atoms with Gasteiger partial charge in [-0.25, -0.2) is 0 Å². The van der Waals surface area contributed by atoms with E-state index in [-0.39, 0.29) is 11.6 Å². The normalized spacial score (nSPS) is 20.0. The molecule has 1 aromatic rings. The molecule has 2 rings (SSSR count). The van der Waals surface area contributed by atoms with Gasteiger partial charge in [0, 0.05) is 22.6 Å². The fourth-order valence-corrected chi connectivity index (χ4v) is 3.56. The molecule has 0 spiro atoms. The lowest BCUT2D eigenvalue weighted by Gasteiger charge is -2.34. The Morgan fingerprint density at radius 3 is 2.67 bits per heavy atom. The van der Waals surface area contributed by atoms with Gasteiger partial charge in [0.1, 0.15) is 0 Å². The van der Waals surface area contributed by atoms with Crippen LogP contribution in [-0.2, 0) is 11.2 Å². The van der Waals surface area contributed by atoms with Crippen LogP contribution in [0.2, 0.25) is 5.02 Å². The third kappa shape index (κ3) is 2.90. The predicted molar refractivity (Wildman–Crippen MR) is 79.0 cm³/mol. The molecule has 1 aliphatic carbocycles. The third-order valence-corrected chi connectivity index (χ3v) is 4.83. The van der Waals surface area contributed by atoms with E-state index >= 15 is 0 Å². The van der Waals surface area contributed by atoms with E-state index < -0.39 is 0 Å². The summed E-state index contributed by atoms with van der Waals surface area (Å²) in [6.07, 6.45) is 5.28.